The molecule has 1 atom stereocenters. The van der Waals surface area contributed by atoms with E-state index in [-0.39, 0.29) is 11.9 Å². The van der Waals surface area contributed by atoms with E-state index in [0.717, 1.165) is 17.9 Å². The second kappa shape index (κ2) is 3.98. The molecule has 1 aromatic heterocycles. The third-order valence-corrected chi connectivity index (χ3v) is 2.59. The van der Waals surface area contributed by atoms with Crippen LogP contribution in [0.5, 0.6) is 0 Å². The molecule has 1 unspecified atom stereocenters. The predicted octanol–water partition coefficient (Wildman–Crippen LogP) is 0.708. The number of pyridine rings is 1. The number of nitrogens with two attached hydrogens (primary N) is 1. The summed E-state index contributed by atoms with van der Waals surface area (Å²) in [6, 6.07) is 5.70. The smallest absolute Gasteiger partial charge is 0.229 e. The van der Waals surface area contributed by atoms with Crippen molar-refractivity contribution in [1.29, 1.82) is 0 Å². The number of anilines is 1. The van der Waals surface area contributed by atoms with Crippen LogP contribution in [0.4, 0.5) is 5.82 Å². The van der Waals surface area contributed by atoms with Crippen molar-refractivity contribution in [3.8, 4) is 0 Å². The highest BCUT2D eigenvalue weighted by Gasteiger charge is 2.28. The fourth-order valence-corrected chi connectivity index (χ4v) is 1.77. The Hall–Kier alpha value is -1.42. The molecule has 0 aliphatic carbocycles. The van der Waals surface area contributed by atoms with Crippen LogP contribution in [-0.4, -0.2) is 23.5 Å². The molecular formula is C11H15N3O. The number of rotatable bonds is 2. The molecule has 1 fully saturated rings. The van der Waals surface area contributed by atoms with E-state index in [1.54, 1.807) is 4.90 Å². The molecule has 1 saturated heterocycles. The topological polar surface area (TPSA) is 59.2 Å². The van der Waals surface area contributed by atoms with Gasteiger partial charge in [-0.2, -0.15) is 0 Å². The van der Waals surface area contributed by atoms with Crippen LogP contribution in [0.1, 0.15) is 19.0 Å². The van der Waals surface area contributed by atoms with Crippen LogP contribution in [0.2, 0.25) is 0 Å². The number of amides is 1. The molecule has 2 heterocycles. The third kappa shape index (κ3) is 1.99. The molecule has 4 heteroatoms. The van der Waals surface area contributed by atoms with Crippen molar-refractivity contribution in [2.75, 3.05) is 11.4 Å². The van der Waals surface area contributed by atoms with Crippen molar-refractivity contribution in [2.45, 2.75) is 25.8 Å². The summed E-state index contributed by atoms with van der Waals surface area (Å²) < 4.78 is 0. The first-order valence-corrected chi connectivity index (χ1v) is 5.22. The molecular weight excluding hydrogens is 190 g/mol. The van der Waals surface area contributed by atoms with Crippen LogP contribution in [0, 0.1) is 0 Å². The van der Waals surface area contributed by atoms with Crippen molar-refractivity contribution in [1.82, 2.24) is 4.98 Å². The van der Waals surface area contributed by atoms with Gasteiger partial charge < -0.3 is 5.73 Å². The van der Waals surface area contributed by atoms with Gasteiger partial charge in [0.1, 0.15) is 5.82 Å². The van der Waals surface area contributed by atoms with E-state index in [1.807, 2.05) is 25.1 Å². The fraction of sp³-hybridized carbons (Fsp3) is 0.455. The lowest BCUT2D eigenvalue weighted by atomic mass is 10.3. The minimum absolute atomic E-state index is 0.0513. The van der Waals surface area contributed by atoms with Crippen molar-refractivity contribution in [2.24, 2.45) is 5.73 Å². The molecule has 4 nitrogen and oxygen atoms in total. The van der Waals surface area contributed by atoms with E-state index in [1.165, 1.54) is 0 Å². The molecule has 1 aliphatic rings. The fourth-order valence-electron chi connectivity index (χ4n) is 1.77. The molecule has 0 bridgehead atoms. The maximum atomic E-state index is 11.6. The minimum Gasteiger partial charge on any atom is -0.326 e. The summed E-state index contributed by atoms with van der Waals surface area (Å²) in [5, 5.41) is 0. The number of hydrogen-bond acceptors (Lipinski definition) is 3. The summed E-state index contributed by atoms with van der Waals surface area (Å²) in [6.07, 6.45) is 1.31. The second-order valence-electron chi connectivity index (χ2n) is 3.81. The van der Waals surface area contributed by atoms with Gasteiger partial charge in [0.05, 0.1) is 0 Å². The standard InChI is InChI=1S/C11H15N3O/c1-2-9-4-3-5-10(13-9)14-7-8(12)6-11(14)15/h3-5,8H,2,6-7,12H2,1H3. The molecule has 0 aromatic carbocycles. The number of aryl methyl sites for hydroxylation is 1. The van der Waals surface area contributed by atoms with Crippen molar-refractivity contribution < 1.29 is 4.79 Å². The van der Waals surface area contributed by atoms with Crippen LogP contribution >= 0.6 is 0 Å². The molecule has 1 aliphatic heterocycles. The Labute approximate surface area is 89.1 Å². The Morgan fingerprint density at radius 2 is 2.40 bits per heavy atom. The Kier molecular flexibility index (Phi) is 2.68. The monoisotopic (exact) mass is 205 g/mol. The lowest BCUT2D eigenvalue weighted by molar-refractivity contribution is -0.117. The zero-order valence-corrected chi connectivity index (χ0v) is 8.81. The van der Waals surface area contributed by atoms with Gasteiger partial charge in [0, 0.05) is 24.7 Å². The molecule has 1 amide bonds. The van der Waals surface area contributed by atoms with Crippen LogP contribution in [-0.2, 0) is 11.2 Å². The maximum absolute atomic E-state index is 11.6. The van der Waals surface area contributed by atoms with Gasteiger partial charge in [-0.1, -0.05) is 13.0 Å². The molecule has 80 valence electrons. The summed E-state index contributed by atoms with van der Waals surface area (Å²) in [4.78, 5) is 17.7. The summed E-state index contributed by atoms with van der Waals surface area (Å²) in [6.45, 7) is 2.63. The molecule has 15 heavy (non-hydrogen) atoms. The van der Waals surface area contributed by atoms with Gasteiger partial charge in [-0.15, -0.1) is 0 Å². The second-order valence-corrected chi connectivity index (χ2v) is 3.81. The van der Waals surface area contributed by atoms with Crippen LogP contribution in [0.15, 0.2) is 18.2 Å². The van der Waals surface area contributed by atoms with Gasteiger partial charge in [0.2, 0.25) is 5.91 Å². The quantitative estimate of drug-likeness (QED) is 0.773. The molecule has 1 aromatic rings. The first kappa shape index (κ1) is 10.1. The van der Waals surface area contributed by atoms with E-state index in [0.29, 0.717) is 13.0 Å². The van der Waals surface area contributed by atoms with E-state index in [4.69, 9.17) is 5.73 Å². The summed E-state index contributed by atoms with van der Waals surface area (Å²) in [5.74, 6) is 0.801. The average Bonchev–Trinajstić information content (AvgIpc) is 2.58. The highest BCUT2D eigenvalue weighted by atomic mass is 16.2. The average molecular weight is 205 g/mol. The first-order valence-electron chi connectivity index (χ1n) is 5.22. The SMILES string of the molecule is CCc1cccc(N2CC(N)CC2=O)n1. The van der Waals surface area contributed by atoms with Crippen LogP contribution < -0.4 is 10.6 Å². The molecule has 0 spiro atoms. The lowest BCUT2D eigenvalue weighted by Gasteiger charge is -2.15. The lowest BCUT2D eigenvalue weighted by Crippen LogP contribution is -2.28. The maximum Gasteiger partial charge on any atom is 0.229 e. The van der Waals surface area contributed by atoms with Gasteiger partial charge >= 0.3 is 0 Å². The van der Waals surface area contributed by atoms with Crippen LogP contribution in [0.25, 0.3) is 0 Å². The van der Waals surface area contributed by atoms with Crippen molar-refractivity contribution in [3.63, 3.8) is 0 Å². The summed E-state index contributed by atoms with van der Waals surface area (Å²) in [5.41, 5.74) is 6.73. The number of carbonyl (C=O) groups is 1. The Morgan fingerprint density at radius 1 is 1.60 bits per heavy atom. The van der Waals surface area contributed by atoms with E-state index in [9.17, 15) is 4.79 Å². The van der Waals surface area contributed by atoms with Crippen molar-refractivity contribution in [3.05, 3.63) is 23.9 Å². The number of hydrogen-bond donors (Lipinski definition) is 1. The molecule has 0 radical (unpaired) electrons. The minimum atomic E-state index is -0.0513. The van der Waals surface area contributed by atoms with Gasteiger partial charge in [0.15, 0.2) is 0 Å². The zero-order valence-electron chi connectivity index (χ0n) is 8.81. The molecule has 0 saturated carbocycles. The van der Waals surface area contributed by atoms with Crippen LogP contribution in [0.3, 0.4) is 0 Å². The number of nitrogens with zero attached hydrogens (tertiary/aromatic N) is 2. The summed E-state index contributed by atoms with van der Waals surface area (Å²) >= 11 is 0. The zero-order chi connectivity index (χ0) is 10.8. The van der Waals surface area contributed by atoms with E-state index >= 15 is 0 Å². The Bertz CT molecular complexity index is 378. The van der Waals surface area contributed by atoms with Crippen molar-refractivity contribution >= 4 is 11.7 Å². The first-order chi connectivity index (χ1) is 7.20. The van der Waals surface area contributed by atoms with E-state index in [2.05, 4.69) is 4.98 Å². The van der Waals surface area contributed by atoms with Gasteiger partial charge in [-0.3, -0.25) is 9.69 Å². The highest BCUT2D eigenvalue weighted by molar-refractivity contribution is 5.95. The Balaban J connectivity index is 2.25. The van der Waals surface area contributed by atoms with Gasteiger partial charge in [0.25, 0.3) is 0 Å². The van der Waals surface area contributed by atoms with Gasteiger partial charge in [-0.05, 0) is 18.6 Å². The third-order valence-electron chi connectivity index (χ3n) is 2.59. The molecule has 2 N–H and O–H groups in total. The predicted molar refractivity (Wildman–Crippen MR) is 58.6 cm³/mol. The number of carbonyl (C=O) groups excluding carboxylic acids is 1. The summed E-state index contributed by atoms with van der Waals surface area (Å²) in [7, 11) is 0. The van der Waals surface area contributed by atoms with E-state index < -0.39 is 0 Å². The van der Waals surface area contributed by atoms with Gasteiger partial charge in [-0.25, -0.2) is 4.98 Å². The normalized spacial score (nSPS) is 21.1. The Morgan fingerprint density at radius 3 is 3.00 bits per heavy atom. The largest absolute Gasteiger partial charge is 0.326 e. The number of aromatic nitrogens is 1. The highest BCUT2D eigenvalue weighted by Crippen LogP contribution is 2.18. The molecule has 2 rings (SSSR count).